The second-order valence-electron chi connectivity index (χ2n) is 4.56. The average molecular weight is 357 g/mol. The van der Waals surface area contributed by atoms with Crippen LogP contribution in [0, 0.1) is 0 Å². The van der Waals surface area contributed by atoms with Gasteiger partial charge in [0.15, 0.2) is 0 Å². The Labute approximate surface area is 118 Å². The minimum atomic E-state index is -0.685. The van der Waals surface area contributed by atoms with E-state index >= 15 is 0 Å². The van der Waals surface area contributed by atoms with Gasteiger partial charge in [0.25, 0.3) is 0 Å². The molecule has 1 N–H and O–H groups in total. The number of hydrogen-bond acceptors (Lipinski definition) is 4. The number of alkyl halides is 1. The van der Waals surface area contributed by atoms with Gasteiger partial charge in [-0.3, -0.25) is 4.90 Å². The predicted molar refractivity (Wildman–Crippen MR) is 76.6 cm³/mol. The Hall–Kier alpha value is 0.570. The maximum Gasteiger partial charge on any atom is 0.130 e. The highest BCUT2D eigenvalue weighted by Crippen LogP contribution is 2.36. The first kappa shape index (κ1) is 15.6. The lowest BCUT2D eigenvalue weighted by Gasteiger charge is -2.45. The molecule has 4 nitrogen and oxygen atoms in total. The molecule has 0 radical (unpaired) electrons. The molecule has 2 unspecified atom stereocenters. The zero-order chi connectivity index (χ0) is 12.7. The van der Waals surface area contributed by atoms with Crippen LogP contribution in [0.1, 0.15) is 25.7 Å². The summed E-state index contributed by atoms with van der Waals surface area (Å²) in [5.74, 6) is 0. The van der Waals surface area contributed by atoms with E-state index in [1.165, 1.54) is 6.42 Å². The maximum absolute atomic E-state index is 10.9. The van der Waals surface area contributed by atoms with E-state index in [-0.39, 0.29) is 0 Å². The fourth-order valence-electron chi connectivity index (χ4n) is 2.35. The highest BCUT2D eigenvalue weighted by Gasteiger charge is 2.42. The molecule has 1 aliphatic carbocycles. The number of nitrogens with zero attached hydrogens (tertiary/aromatic N) is 1. The van der Waals surface area contributed by atoms with Gasteiger partial charge in [0.1, 0.15) is 5.72 Å². The SMILES string of the molecule is COCCN(CCOC)C1(O)CCCCC1I. The number of rotatable bonds is 7. The molecule has 0 spiro atoms. The van der Waals surface area contributed by atoms with Crippen LogP contribution in [-0.2, 0) is 9.47 Å². The summed E-state index contributed by atoms with van der Waals surface area (Å²) in [5, 5.41) is 10.9. The highest BCUT2D eigenvalue weighted by molar-refractivity contribution is 14.1. The van der Waals surface area contributed by atoms with Gasteiger partial charge < -0.3 is 14.6 Å². The van der Waals surface area contributed by atoms with Gasteiger partial charge in [0.2, 0.25) is 0 Å². The summed E-state index contributed by atoms with van der Waals surface area (Å²) in [6.07, 6.45) is 4.27. The van der Waals surface area contributed by atoms with Gasteiger partial charge in [-0.1, -0.05) is 29.0 Å². The van der Waals surface area contributed by atoms with E-state index in [1.807, 2.05) is 0 Å². The van der Waals surface area contributed by atoms with Crippen LogP contribution in [-0.4, -0.2) is 60.2 Å². The van der Waals surface area contributed by atoms with Gasteiger partial charge in [-0.2, -0.15) is 0 Å². The number of aliphatic hydroxyl groups is 1. The molecule has 5 heteroatoms. The minimum absolute atomic E-state index is 0.294. The van der Waals surface area contributed by atoms with Crippen molar-refractivity contribution in [2.24, 2.45) is 0 Å². The summed E-state index contributed by atoms with van der Waals surface area (Å²) in [6, 6.07) is 0. The molecule has 1 fully saturated rings. The molecule has 0 aliphatic heterocycles. The Morgan fingerprint density at radius 3 is 2.29 bits per heavy atom. The van der Waals surface area contributed by atoms with Crippen LogP contribution in [0.5, 0.6) is 0 Å². The van der Waals surface area contributed by atoms with E-state index in [0.717, 1.165) is 32.4 Å². The topological polar surface area (TPSA) is 41.9 Å². The van der Waals surface area contributed by atoms with Crippen LogP contribution in [0.3, 0.4) is 0 Å². The first-order valence-electron chi connectivity index (χ1n) is 6.24. The zero-order valence-electron chi connectivity index (χ0n) is 10.8. The van der Waals surface area contributed by atoms with Crippen molar-refractivity contribution in [2.45, 2.75) is 35.3 Å². The quantitative estimate of drug-likeness (QED) is 0.428. The van der Waals surface area contributed by atoms with Crippen LogP contribution >= 0.6 is 22.6 Å². The number of halogens is 1. The predicted octanol–water partition coefficient (Wildman–Crippen LogP) is 1.65. The molecule has 0 aromatic carbocycles. The molecule has 102 valence electrons. The van der Waals surface area contributed by atoms with Crippen molar-refractivity contribution in [3.63, 3.8) is 0 Å². The molecule has 0 saturated heterocycles. The summed E-state index contributed by atoms with van der Waals surface area (Å²) in [4.78, 5) is 2.12. The zero-order valence-corrected chi connectivity index (χ0v) is 13.0. The third-order valence-electron chi connectivity index (χ3n) is 3.43. The van der Waals surface area contributed by atoms with Gasteiger partial charge in [-0.15, -0.1) is 0 Å². The van der Waals surface area contributed by atoms with Crippen molar-refractivity contribution in [1.29, 1.82) is 0 Å². The van der Waals surface area contributed by atoms with E-state index in [9.17, 15) is 5.11 Å². The van der Waals surface area contributed by atoms with E-state index in [4.69, 9.17) is 9.47 Å². The van der Waals surface area contributed by atoms with Crippen molar-refractivity contribution in [2.75, 3.05) is 40.5 Å². The second kappa shape index (κ2) is 7.89. The molecule has 0 amide bonds. The lowest BCUT2D eigenvalue weighted by molar-refractivity contribution is -0.132. The molecule has 0 heterocycles. The van der Waals surface area contributed by atoms with Crippen molar-refractivity contribution in [3.05, 3.63) is 0 Å². The van der Waals surface area contributed by atoms with Gasteiger partial charge >= 0.3 is 0 Å². The number of ether oxygens (including phenoxy) is 2. The summed E-state index contributed by atoms with van der Waals surface area (Å²) < 4.78 is 10.5. The number of methoxy groups -OCH3 is 2. The lowest BCUT2D eigenvalue weighted by Crippen LogP contribution is -2.58. The lowest BCUT2D eigenvalue weighted by atomic mass is 9.90. The van der Waals surface area contributed by atoms with Crippen molar-refractivity contribution < 1.29 is 14.6 Å². The van der Waals surface area contributed by atoms with Crippen LogP contribution in [0.4, 0.5) is 0 Å². The maximum atomic E-state index is 10.9. The largest absolute Gasteiger partial charge is 0.383 e. The summed E-state index contributed by atoms with van der Waals surface area (Å²) in [6.45, 7) is 2.82. The number of hydrogen-bond donors (Lipinski definition) is 1. The van der Waals surface area contributed by atoms with Gasteiger partial charge in [-0.05, 0) is 19.3 Å². The first-order valence-corrected chi connectivity index (χ1v) is 7.49. The van der Waals surface area contributed by atoms with Crippen molar-refractivity contribution in [1.82, 2.24) is 4.90 Å². The molecular weight excluding hydrogens is 333 g/mol. The van der Waals surface area contributed by atoms with Gasteiger partial charge in [-0.25, -0.2) is 0 Å². The van der Waals surface area contributed by atoms with Gasteiger partial charge in [0, 0.05) is 27.3 Å². The summed E-state index contributed by atoms with van der Waals surface area (Å²) in [7, 11) is 3.39. The molecule has 0 aromatic heterocycles. The standard InChI is InChI=1S/C12H24INO3/c1-16-9-7-14(8-10-17-2)12(15)6-4-3-5-11(12)13/h11,15H,3-10H2,1-2H3. The van der Waals surface area contributed by atoms with Crippen LogP contribution < -0.4 is 0 Å². The summed E-state index contributed by atoms with van der Waals surface area (Å²) >= 11 is 2.38. The molecule has 2 atom stereocenters. The Balaban J connectivity index is 2.63. The average Bonchev–Trinajstić information content (AvgIpc) is 2.33. The van der Waals surface area contributed by atoms with Crippen LogP contribution in [0.2, 0.25) is 0 Å². The molecular formula is C12H24INO3. The normalized spacial score (nSPS) is 29.8. The molecule has 17 heavy (non-hydrogen) atoms. The fraction of sp³-hybridized carbons (Fsp3) is 1.00. The second-order valence-corrected chi connectivity index (χ2v) is 6.07. The Kier molecular flexibility index (Phi) is 7.25. The van der Waals surface area contributed by atoms with Crippen molar-refractivity contribution >= 4 is 22.6 Å². The Morgan fingerprint density at radius 2 is 1.82 bits per heavy atom. The van der Waals surface area contributed by atoms with E-state index < -0.39 is 5.72 Å². The molecule has 1 rings (SSSR count). The molecule has 1 aliphatic rings. The highest BCUT2D eigenvalue weighted by atomic mass is 127. The first-order chi connectivity index (χ1) is 8.15. The molecule has 1 saturated carbocycles. The Bertz CT molecular complexity index is 210. The monoisotopic (exact) mass is 357 g/mol. The van der Waals surface area contributed by atoms with E-state index in [0.29, 0.717) is 17.1 Å². The summed E-state index contributed by atoms with van der Waals surface area (Å²) in [5.41, 5.74) is -0.685. The third-order valence-corrected chi connectivity index (χ3v) is 5.05. The molecule has 0 bridgehead atoms. The van der Waals surface area contributed by atoms with Crippen LogP contribution in [0.25, 0.3) is 0 Å². The Morgan fingerprint density at radius 1 is 1.24 bits per heavy atom. The molecule has 0 aromatic rings. The van der Waals surface area contributed by atoms with Gasteiger partial charge in [0.05, 0.1) is 17.1 Å². The third kappa shape index (κ3) is 4.31. The van der Waals surface area contributed by atoms with E-state index in [2.05, 4.69) is 27.5 Å². The van der Waals surface area contributed by atoms with E-state index in [1.54, 1.807) is 14.2 Å². The minimum Gasteiger partial charge on any atom is -0.383 e. The van der Waals surface area contributed by atoms with Crippen molar-refractivity contribution in [3.8, 4) is 0 Å². The fourth-order valence-corrected chi connectivity index (χ4v) is 3.50. The van der Waals surface area contributed by atoms with Crippen LogP contribution in [0.15, 0.2) is 0 Å². The smallest absolute Gasteiger partial charge is 0.130 e.